The van der Waals surface area contributed by atoms with Crippen LogP contribution in [-0.2, 0) is 12.6 Å². The van der Waals surface area contributed by atoms with Gasteiger partial charge in [0.2, 0.25) is 0 Å². The van der Waals surface area contributed by atoms with Gasteiger partial charge in [-0.2, -0.15) is 18.3 Å². The number of nitrogens with zero attached hydrogens (tertiary/aromatic N) is 2. The highest BCUT2D eigenvalue weighted by Gasteiger charge is 2.35. The topological polar surface area (TPSA) is 53.7 Å². The summed E-state index contributed by atoms with van der Waals surface area (Å²) >= 11 is 0. The van der Waals surface area contributed by atoms with E-state index in [-0.39, 0.29) is 18.4 Å². The Morgan fingerprint density at radius 1 is 1.20 bits per heavy atom. The van der Waals surface area contributed by atoms with Crippen LogP contribution in [0.2, 0.25) is 0 Å². The van der Waals surface area contributed by atoms with Crippen molar-refractivity contribution in [2.24, 2.45) is 0 Å². The summed E-state index contributed by atoms with van der Waals surface area (Å²) < 4.78 is 40.6. The molecular formula is C17H20ClF3N4. The largest absolute Gasteiger partial charge is 0.435 e. The van der Waals surface area contributed by atoms with E-state index in [0.717, 1.165) is 25.3 Å². The van der Waals surface area contributed by atoms with Gasteiger partial charge in [0, 0.05) is 24.6 Å². The van der Waals surface area contributed by atoms with Crippen molar-refractivity contribution in [1.29, 1.82) is 5.41 Å². The van der Waals surface area contributed by atoms with Crippen molar-refractivity contribution in [3.05, 3.63) is 47.8 Å². The van der Waals surface area contributed by atoms with Crippen molar-refractivity contribution in [1.82, 2.24) is 15.1 Å². The minimum atomic E-state index is -4.47. The molecule has 0 saturated carbocycles. The summed E-state index contributed by atoms with van der Waals surface area (Å²) in [7, 11) is 0. The van der Waals surface area contributed by atoms with Gasteiger partial charge in [0.1, 0.15) is 0 Å². The minimum absolute atomic E-state index is 0. The molecule has 0 spiro atoms. The van der Waals surface area contributed by atoms with Gasteiger partial charge in [-0.15, -0.1) is 12.4 Å². The van der Waals surface area contributed by atoms with E-state index in [0.29, 0.717) is 30.1 Å². The summed E-state index contributed by atoms with van der Waals surface area (Å²) in [5.41, 5.74) is 0.220. The molecule has 1 aliphatic rings. The number of aromatic nitrogens is 2. The molecule has 136 valence electrons. The number of para-hydroxylation sites is 1. The fourth-order valence-electron chi connectivity index (χ4n) is 2.99. The molecule has 1 aromatic carbocycles. The van der Waals surface area contributed by atoms with Gasteiger partial charge in [-0.3, -0.25) is 5.41 Å². The number of hydrogen-bond acceptors (Lipinski definition) is 2. The second-order valence-electron chi connectivity index (χ2n) is 6.04. The Balaban J connectivity index is 0.00000225. The van der Waals surface area contributed by atoms with Crippen molar-refractivity contribution < 1.29 is 13.2 Å². The molecule has 1 unspecified atom stereocenters. The number of hydrogen-bond donors (Lipinski definition) is 2. The summed E-state index contributed by atoms with van der Waals surface area (Å²) in [5, 5.41) is 14.7. The highest BCUT2D eigenvalue weighted by molar-refractivity contribution is 5.85. The second-order valence-corrected chi connectivity index (χ2v) is 6.04. The molecule has 4 nitrogen and oxygen atoms in total. The van der Waals surface area contributed by atoms with Crippen LogP contribution in [0.15, 0.2) is 36.4 Å². The Morgan fingerprint density at radius 3 is 2.60 bits per heavy atom. The lowest BCUT2D eigenvalue weighted by Gasteiger charge is -2.17. The maximum absolute atomic E-state index is 13.1. The van der Waals surface area contributed by atoms with E-state index >= 15 is 0 Å². The summed E-state index contributed by atoms with van der Waals surface area (Å²) in [6, 6.07) is 9.90. The van der Waals surface area contributed by atoms with Crippen LogP contribution in [0.25, 0.3) is 5.69 Å². The highest BCUT2D eigenvalue weighted by Crippen LogP contribution is 2.30. The number of alkyl halides is 3. The first kappa shape index (κ1) is 19.3. The number of rotatable bonds is 3. The number of amidine groups is 1. The first-order valence-electron chi connectivity index (χ1n) is 7.99. The maximum atomic E-state index is 13.1. The van der Waals surface area contributed by atoms with Gasteiger partial charge < -0.3 is 5.32 Å². The van der Waals surface area contributed by atoms with Gasteiger partial charge in [-0.25, -0.2) is 4.68 Å². The first-order valence-corrected chi connectivity index (χ1v) is 7.99. The Morgan fingerprint density at radius 2 is 1.92 bits per heavy atom. The molecule has 1 saturated heterocycles. The van der Waals surface area contributed by atoms with Gasteiger partial charge in [-0.05, 0) is 31.0 Å². The quantitative estimate of drug-likeness (QED) is 0.840. The zero-order valence-corrected chi connectivity index (χ0v) is 14.3. The zero-order valence-electron chi connectivity index (χ0n) is 13.5. The Kier molecular flexibility index (Phi) is 6.11. The predicted molar refractivity (Wildman–Crippen MR) is 92.6 cm³/mol. The van der Waals surface area contributed by atoms with Crippen molar-refractivity contribution >= 4 is 18.2 Å². The van der Waals surface area contributed by atoms with E-state index in [2.05, 4.69) is 10.4 Å². The van der Waals surface area contributed by atoms with Gasteiger partial charge in [0.15, 0.2) is 5.69 Å². The Bertz CT molecular complexity index is 712. The summed E-state index contributed by atoms with van der Waals surface area (Å²) in [5.74, 6) is 0.458. The fourth-order valence-corrected chi connectivity index (χ4v) is 2.99. The molecule has 0 amide bonds. The van der Waals surface area contributed by atoms with E-state index < -0.39 is 11.9 Å². The van der Waals surface area contributed by atoms with Crippen LogP contribution < -0.4 is 5.32 Å². The van der Waals surface area contributed by atoms with Crippen LogP contribution in [0, 0.1) is 5.41 Å². The number of halogens is 4. The lowest BCUT2D eigenvalue weighted by molar-refractivity contribution is -0.141. The normalized spacial score (nSPS) is 18.2. The van der Waals surface area contributed by atoms with Gasteiger partial charge >= 0.3 is 6.18 Å². The molecule has 8 heteroatoms. The molecule has 0 bridgehead atoms. The molecule has 3 rings (SSSR count). The number of nitrogens with one attached hydrogen (secondary N) is 2. The second kappa shape index (κ2) is 7.91. The number of benzene rings is 1. The van der Waals surface area contributed by atoms with Crippen LogP contribution >= 0.6 is 12.4 Å². The Labute approximate surface area is 150 Å². The molecule has 2 N–H and O–H groups in total. The lowest BCUT2D eigenvalue weighted by atomic mass is 10.1. The van der Waals surface area contributed by atoms with Crippen LogP contribution in [0.3, 0.4) is 0 Å². The monoisotopic (exact) mass is 372 g/mol. The third kappa shape index (κ3) is 4.75. The van der Waals surface area contributed by atoms with Crippen LogP contribution in [0.4, 0.5) is 13.2 Å². The van der Waals surface area contributed by atoms with E-state index in [1.165, 1.54) is 4.68 Å². The van der Waals surface area contributed by atoms with E-state index in [1.54, 1.807) is 24.3 Å². The smallest absolute Gasteiger partial charge is 0.371 e. The predicted octanol–water partition coefficient (Wildman–Crippen LogP) is 4.36. The van der Waals surface area contributed by atoms with E-state index in [1.807, 2.05) is 6.07 Å². The van der Waals surface area contributed by atoms with Crippen molar-refractivity contribution in [2.45, 2.75) is 44.3 Å². The molecule has 1 aliphatic heterocycles. The third-order valence-corrected chi connectivity index (χ3v) is 4.14. The van der Waals surface area contributed by atoms with Gasteiger partial charge in [0.25, 0.3) is 0 Å². The standard InChI is InChI=1S/C17H19F3N4.ClH/c18-17(19,20)15-11-14(10-12-6-4-5-9-16(21)22-12)24(23-15)13-7-2-1-3-8-13;/h1-3,7-8,11-12H,4-6,9-10H2,(H2,21,22);1H. The average Bonchev–Trinajstić information content (AvgIpc) is 2.85. The van der Waals surface area contributed by atoms with Crippen LogP contribution in [0.1, 0.15) is 37.1 Å². The fraction of sp³-hybridized carbons (Fsp3) is 0.412. The molecular weight excluding hydrogens is 353 g/mol. The van der Waals surface area contributed by atoms with E-state index in [9.17, 15) is 13.2 Å². The van der Waals surface area contributed by atoms with E-state index in [4.69, 9.17) is 5.41 Å². The molecule has 25 heavy (non-hydrogen) atoms. The van der Waals surface area contributed by atoms with Crippen LogP contribution in [-0.4, -0.2) is 21.7 Å². The molecule has 1 fully saturated rings. The van der Waals surface area contributed by atoms with Crippen molar-refractivity contribution in [3.8, 4) is 5.69 Å². The summed E-state index contributed by atoms with van der Waals surface area (Å²) in [6.45, 7) is 0. The minimum Gasteiger partial charge on any atom is -0.371 e. The Hall–Kier alpha value is -2.02. The maximum Gasteiger partial charge on any atom is 0.435 e. The van der Waals surface area contributed by atoms with Gasteiger partial charge in [0.05, 0.1) is 11.5 Å². The molecule has 0 aliphatic carbocycles. The lowest BCUT2D eigenvalue weighted by Crippen LogP contribution is -2.34. The first-order chi connectivity index (χ1) is 11.4. The van der Waals surface area contributed by atoms with Gasteiger partial charge in [-0.1, -0.05) is 24.6 Å². The van der Waals surface area contributed by atoms with Crippen molar-refractivity contribution in [2.75, 3.05) is 0 Å². The average molecular weight is 373 g/mol. The highest BCUT2D eigenvalue weighted by atomic mass is 35.5. The molecule has 1 atom stereocenters. The summed E-state index contributed by atoms with van der Waals surface area (Å²) in [6.07, 6.45) is -0.635. The SMILES string of the molecule is Cl.N=C1CCCCC(Cc2cc(C(F)(F)F)nn2-c2ccccc2)N1. The zero-order chi connectivity index (χ0) is 17.2. The molecule has 0 radical (unpaired) electrons. The molecule has 2 heterocycles. The van der Waals surface area contributed by atoms with Crippen LogP contribution in [0.5, 0.6) is 0 Å². The third-order valence-electron chi connectivity index (χ3n) is 4.14. The van der Waals surface area contributed by atoms with Crippen molar-refractivity contribution in [3.63, 3.8) is 0 Å². The molecule has 2 aromatic rings. The summed E-state index contributed by atoms with van der Waals surface area (Å²) in [4.78, 5) is 0. The molecule has 1 aromatic heterocycles.